The molecule has 0 radical (unpaired) electrons. The third kappa shape index (κ3) is 6.70. The fraction of sp³-hybridized carbons (Fsp3) is 0.290. The number of hydrogen-bond donors (Lipinski definition) is 3. The van der Waals surface area contributed by atoms with Crippen LogP contribution in [0.1, 0.15) is 49.6 Å². The van der Waals surface area contributed by atoms with E-state index in [2.05, 4.69) is 10.6 Å². The van der Waals surface area contributed by atoms with Crippen LogP contribution >= 0.6 is 23.1 Å². The molecule has 2 aromatic carbocycles. The molecule has 12 heteroatoms. The van der Waals surface area contributed by atoms with E-state index < -0.39 is 53.0 Å². The second-order valence-electron chi connectivity index (χ2n) is 10.9. The molecule has 1 saturated heterocycles. The minimum atomic E-state index is -1.11. The molecule has 3 atom stereocenters. The van der Waals surface area contributed by atoms with E-state index in [1.807, 2.05) is 60.7 Å². The standard InChI is InChI=1S/C31H31N3O7S2/c1-31(2,3)41-30(39)33-22(20-14-15-42-16-20)26(36)32-23-27(37)34-24(21(35)17-43-28(23)34)29(38)40-25(18-10-6-4-7-11-18)19-12-8-5-9-13-19/h4-16,22-23,25,28,35H,17H2,1-3H3,(H,32,36)(H,33,39)/t22?,23-,28+/m1/s1. The number of fused-ring (bicyclic) bond motifs is 1. The predicted octanol–water partition coefficient (Wildman–Crippen LogP) is 4.82. The Morgan fingerprint density at radius 1 is 0.977 bits per heavy atom. The van der Waals surface area contributed by atoms with Gasteiger partial charge in [0.05, 0.1) is 5.75 Å². The lowest BCUT2D eigenvalue weighted by atomic mass is 10.0. The number of benzene rings is 2. The maximum absolute atomic E-state index is 13.5. The van der Waals surface area contributed by atoms with Gasteiger partial charge in [-0.3, -0.25) is 14.5 Å². The zero-order chi connectivity index (χ0) is 30.7. The first-order valence-corrected chi connectivity index (χ1v) is 15.5. The Morgan fingerprint density at radius 2 is 1.60 bits per heavy atom. The average molecular weight is 622 g/mol. The fourth-order valence-electron chi connectivity index (χ4n) is 4.74. The molecule has 5 rings (SSSR count). The van der Waals surface area contributed by atoms with Crippen LogP contribution < -0.4 is 10.6 Å². The highest BCUT2D eigenvalue weighted by molar-refractivity contribution is 8.00. The molecule has 3 aromatic rings. The first-order valence-electron chi connectivity index (χ1n) is 13.5. The van der Waals surface area contributed by atoms with E-state index in [0.29, 0.717) is 5.56 Å². The first-order chi connectivity index (χ1) is 20.5. The quantitative estimate of drug-likeness (QED) is 0.241. The fourth-order valence-corrected chi connectivity index (χ4v) is 6.63. The van der Waals surface area contributed by atoms with Gasteiger partial charge in [0.15, 0.2) is 11.8 Å². The van der Waals surface area contributed by atoms with Gasteiger partial charge in [-0.25, -0.2) is 9.59 Å². The van der Waals surface area contributed by atoms with E-state index in [9.17, 15) is 24.3 Å². The molecule has 0 aliphatic carbocycles. The second kappa shape index (κ2) is 12.5. The van der Waals surface area contributed by atoms with Crippen LogP contribution in [0.2, 0.25) is 0 Å². The molecule has 1 aromatic heterocycles. The molecule has 1 fully saturated rings. The molecular formula is C31H31N3O7S2. The summed E-state index contributed by atoms with van der Waals surface area (Å²) in [5.74, 6) is -2.30. The normalized spacial score (nSPS) is 18.8. The van der Waals surface area contributed by atoms with E-state index in [1.54, 1.807) is 37.6 Å². The van der Waals surface area contributed by atoms with Crippen LogP contribution in [0, 0.1) is 0 Å². The number of thiophene rings is 1. The Morgan fingerprint density at radius 3 is 2.16 bits per heavy atom. The number of alkyl carbamates (subject to hydrolysis) is 1. The number of rotatable bonds is 8. The smallest absolute Gasteiger partial charge is 0.408 e. The van der Waals surface area contributed by atoms with Gasteiger partial charge in [-0.2, -0.15) is 11.3 Å². The van der Waals surface area contributed by atoms with Gasteiger partial charge >= 0.3 is 12.1 Å². The molecule has 10 nitrogen and oxygen atoms in total. The van der Waals surface area contributed by atoms with Crippen LogP contribution in [0.3, 0.4) is 0 Å². The van der Waals surface area contributed by atoms with Crippen LogP contribution in [0.5, 0.6) is 0 Å². The molecule has 0 spiro atoms. The highest BCUT2D eigenvalue weighted by Crippen LogP contribution is 2.41. The van der Waals surface area contributed by atoms with Gasteiger partial charge in [-0.05, 0) is 54.3 Å². The number of esters is 1. The van der Waals surface area contributed by atoms with E-state index in [0.717, 1.165) is 16.0 Å². The zero-order valence-corrected chi connectivity index (χ0v) is 25.3. The van der Waals surface area contributed by atoms with Gasteiger partial charge in [0.2, 0.25) is 5.91 Å². The maximum Gasteiger partial charge on any atom is 0.408 e. The van der Waals surface area contributed by atoms with E-state index >= 15 is 0 Å². The van der Waals surface area contributed by atoms with Crippen molar-refractivity contribution in [1.82, 2.24) is 15.5 Å². The van der Waals surface area contributed by atoms with Crippen molar-refractivity contribution in [3.63, 3.8) is 0 Å². The van der Waals surface area contributed by atoms with Gasteiger partial charge < -0.3 is 25.2 Å². The van der Waals surface area contributed by atoms with Crippen LogP contribution in [-0.4, -0.2) is 56.7 Å². The van der Waals surface area contributed by atoms with Gasteiger partial charge in [0.1, 0.15) is 28.8 Å². The van der Waals surface area contributed by atoms with E-state index in [4.69, 9.17) is 9.47 Å². The minimum absolute atomic E-state index is 0.0384. The summed E-state index contributed by atoms with van der Waals surface area (Å²) < 4.78 is 11.2. The molecule has 0 saturated carbocycles. The zero-order valence-electron chi connectivity index (χ0n) is 23.7. The van der Waals surface area contributed by atoms with Crippen molar-refractivity contribution in [1.29, 1.82) is 0 Å². The predicted molar refractivity (Wildman–Crippen MR) is 162 cm³/mol. The number of hydrogen-bond acceptors (Lipinski definition) is 9. The number of ether oxygens (including phenoxy) is 2. The Balaban J connectivity index is 1.32. The summed E-state index contributed by atoms with van der Waals surface area (Å²) in [6.07, 6.45) is -1.56. The Bertz CT molecular complexity index is 1480. The van der Waals surface area contributed by atoms with Crippen molar-refractivity contribution in [2.45, 2.75) is 49.9 Å². The monoisotopic (exact) mass is 621 g/mol. The van der Waals surface area contributed by atoms with Crippen molar-refractivity contribution in [3.05, 3.63) is 106 Å². The molecule has 2 aliphatic rings. The molecular weight excluding hydrogens is 590 g/mol. The second-order valence-corrected chi connectivity index (χ2v) is 12.8. The van der Waals surface area contributed by atoms with Crippen LogP contribution in [-0.2, 0) is 23.9 Å². The highest BCUT2D eigenvalue weighted by Gasteiger charge is 2.55. The van der Waals surface area contributed by atoms with Crippen molar-refractivity contribution < 1.29 is 33.8 Å². The molecule has 3 heterocycles. The third-order valence-electron chi connectivity index (χ3n) is 6.67. The summed E-state index contributed by atoms with van der Waals surface area (Å²) >= 11 is 2.55. The third-order valence-corrected chi connectivity index (χ3v) is 8.63. The molecule has 43 heavy (non-hydrogen) atoms. The van der Waals surface area contributed by atoms with E-state index in [-0.39, 0.29) is 17.2 Å². The van der Waals surface area contributed by atoms with Gasteiger partial charge in [0, 0.05) is 0 Å². The molecule has 0 bridgehead atoms. The van der Waals surface area contributed by atoms with Crippen molar-refractivity contribution in [2.75, 3.05) is 5.75 Å². The largest absolute Gasteiger partial charge is 0.509 e. The number of aliphatic hydroxyl groups is 1. The summed E-state index contributed by atoms with van der Waals surface area (Å²) in [5.41, 5.74) is 0.949. The molecule has 2 aliphatic heterocycles. The molecule has 3 N–H and O–H groups in total. The molecule has 1 unspecified atom stereocenters. The van der Waals surface area contributed by atoms with Crippen LogP contribution in [0.4, 0.5) is 4.79 Å². The first kappa shape index (κ1) is 30.2. The van der Waals surface area contributed by atoms with Crippen molar-refractivity contribution >= 4 is 47.0 Å². The lowest BCUT2D eigenvalue weighted by molar-refractivity contribution is -0.155. The minimum Gasteiger partial charge on any atom is -0.509 e. The Hall–Kier alpha value is -4.29. The number of thioether (sulfide) groups is 1. The number of aliphatic hydroxyl groups excluding tert-OH is 1. The van der Waals surface area contributed by atoms with Crippen molar-refractivity contribution in [3.8, 4) is 0 Å². The maximum atomic E-state index is 13.5. The summed E-state index contributed by atoms with van der Waals surface area (Å²) in [4.78, 5) is 54.0. The highest BCUT2D eigenvalue weighted by atomic mass is 32.2. The summed E-state index contributed by atoms with van der Waals surface area (Å²) in [6, 6.07) is 17.9. The van der Waals surface area contributed by atoms with Crippen LogP contribution in [0.25, 0.3) is 0 Å². The number of β-lactam (4-membered cyclic amide) rings is 1. The topological polar surface area (TPSA) is 134 Å². The molecule has 224 valence electrons. The molecule has 3 amide bonds. The number of carbonyl (C=O) groups excluding carboxylic acids is 4. The summed E-state index contributed by atoms with van der Waals surface area (Å²) in [6.45, 7) is 5.13. The van der Waals surface area contributed by atoms with Crippen molar-refractivity contribution in [2.24, 2.45) is 0 Å². The average Bonchev–Trinajstić information content (AvgIpc) is 3.52. The Labute approximate surface area is 257 Å². The number of nitrogens with zero attached hydrogens (tertiary/aromatic N) is 1. The van der Waals surface area contributed by atoms with Crippen LogP contribution in [0.15, 0.2) is 88.9 Å². The Kier molecular flexibility index (Phi) is 8.79. The number of amides is 3. The number of nitrogens with one attached hydrogen (secondary N) is 2. The SMILES string of the molecule is CC(C)(C)OC(=O)NC(C(=O)N[C@@H]1C(=O)N2C(C(=O)OC(c3ccccc3)c3ccccc3)=C(O)CS[C@@H]12)c1ccsc1. The van der Waals surface area contributed by atoms with Gasteiger partial charge in [-0.15, -0.1) is 11.8 Å². The van der Waals surface area contributed by atoms with Gasteiger partial charge in [-0.1, -0.05) is 60.7 Å². The lowest BCUT2D eigenvalue weighted by Gasteiger charge is -2.49. The summed E-state index contributed by atoms with van der Waals surface area (Å²) in [7, 11) is 0. The summed E-state index contributed by atoms with van der Waals surface area (Å²) in [5, 5.41) is 18.8. The number of carbonyl (C=O) groups is 4. The van der Waals surface area contributed by atoms with Gasteiger partial charge in [0.25, 0.3) is 5.91 Å². The van der Waals surface area contributed by atoms with E-state index in [1.165, 1.54) is 23.1 Å². The lowest BCUT2D eigenvalue weighted by Crippen LogP contribution is -2.71.